The largest absolute Gasteiger partial charge is 0.518 e. The van der Waals surface area contributed by atoms with Crippen LogP contribution in [0.15, 0.2) is 4.40 Å². The van der Waals surface area contributed by atoms with Crippen molar-refractivity contribution < 1.29 is 26.3 Å². The molecule has 0 aromatic carbocycles. The molecule has 1 saturated heterocycles. The normalized spacial score (nSPS) is 22.1. The molecule has 0 atom stereocenters. The van der Waals surface area contributed by atoms with Crippen molar-refractivity contribution in [1.29, 1.82) is 0 Å². The van der Waals surface area contributed by atoms with E-state index in [1.807, 2.05) is 0 Å². The first-order valence-corrected chi connectivity index (χ1v) is 5.30. The van der Waals surface area contributed by atoms with Gasteiger partial charge in [0, 0.05) is 6.42 Å². The molecule has 0 N–H and O–H groups in total. The van der Waals surface area contributed by atoms with Crippen molar-refractivity contribution in [3.8, 4) is 0 Å². The van der Waals surface area contributed by atoms with E-state index in [1.165, 1.54) is 0 Å². The van der Waals surface area contributed by atoms with E-state index in [1.54, 1.807) is 0 Å². The Labute approximate surface area is 78.8 Å². The summed E-state index contributed by atoms with van der Waals surface area (Å²) >= 11 is 0. The van der Waals surface area contributed by atoms with E-state index >= 15 is 0 Å². The van der Waals surface area contributed by atoms with Gasteiger partial charge in [0.1, 0.15) is 0 Å². The third kappa shape index (κ3) is 2.60. The Bertz CT molecular complexity index is 325. The highest BCUT2D eigenvalue weighted by molar-refractivity contribution is 7.91. The van der Waals surface area contributed by atoms with Gasteiger partial charge < -0.3 is 4.74 Å². The van der Waals surface area contributed by atoms with Gasteiger partial charge in [-0.3, -0.25) is 0 Å². The maximum atomic E-state index is 11.8. The summed E-state index contributed by atoms with van der Waals surface area (Å²) in [5, 5.41) is 0. The molecule has 1 fully saturated rings. The molecule has 0 amide bonds. The van der Waals surface area contributed by atoms with E-state index < -0.39 is 15.5 Å². The quantitative estimate of drug-likeness (QED) is 0.686. The summed E-state index contributed by atoms with van der Waals surface area (Å²) in [5.74, 6) is -0.353. The number of halogens is 3. The van der Waals surface area contributed by atoms with Gasteiger partial charge in [0.2, 0.25) is 0 Å². The first-order chi connectivity index (χ1) is 6.33. The first kappa shape index (κ1) is 11.3. The van der Waals surface area contributed by atoms with Crippen LogP contribution in [0.2, 0.25) is 0 Å². The van der Waals surface area contributed by atoms with E-state index in [0.29, 0.717) is 12.8 Å². The summed E-state index contributed by atoms with van der Waals surface area (Å²) < 4.78 is 63.8. The molecule has 4 nitrogen and oxygen atoms in total. The zero-order valence-electron chi connectivity index (χ0n) is 7.04. The lowest BCUT2D eigenvalue weighted by Gasteiger charge is -2.14. The molecular formula is C6H8F3NO3S. The van der Waals surface area contributed by atoms with Gasteiger partial charge in [-0.25, -0.2) is 0 Å². The van der Waals surface area contributed by atoms with Gasteiger partial charge >= 0.3 is 15.5 Å². The average Bonchev–Trinajstić information content (AvgIpc) is 2.03. The van der Waals surface area contributed by atoms with Crippen LogP contribution in [0.5, 0.6) is 0 Å². The monoisotopic (exact) mass is 231 g/mol. The minimum atomic E-state index is -5.43. The molecule has 0 spiro atoms. The van der Waals surface area contributed by atoms with Crippen molar-refractivity contribution in [2.45, 2.75) is 24.8 Å². The Morgan fingerprint density at radius 2 is 1.93 bits per heavy atom. The Balaban J connectivity index is 2.85. The fourth-order valence-electron chi connectivity index (χ4n) is 0.898. The smallest absolute Gasteiger partial charge is 0.480 e. The highest BCUT2D eigenvalue weighted by atomic mass is 32.2. The molecule has 0 bridgehead atoms. The molecular weight excluding hydrogens is 223 g/mol. The molecule has 1 aliphatic rings. The van der Waals surface area contributed by atoms with Gasteiger partial charge in [-0.05, 0) is 12.8 Å². The van der Waals surface area contributed by atoms with Gasteiger partial charge in [-0.15, -0.1) is 4.40 Å². The fourth-order valence-corrected chi connectivity index (χ4v) is 1.41. The lowest BCUT2D eigenvalue weighted by Crippen LogP contribution is -2.24. The van der Waals surface area contributed by atoms with Gasteiger partial charge in [-0.2, -0.15) is 21.6 Å². The predicted molar refractivity (Wildman–Crippen MR) is 42.2 cm³/mol. The second kappa shape index (κ2) is 3.76. The Kier molecular flexibility index (Phi) is 3.03. The molecule has 1 aliphatic heterocycles. The maximum Gasteiger partial charge on any atom is 0.518 e. The maximum absolute atomic E-state index is 11.8. The first-order valence-electron chi connectivity index (χ1n) is 3.86. The van der Waals surface area contributed by atoms with Crippen LogP contribution in [0.1, 0.15) is 19.3 Å². The number of hydrogen-bond donors (Lipinski definition) is 0. The van der Waals surface area contributed by atoms with Crippen molar-refractivity contribution in [3.05, 3.63) is 0 Å². The molecule has 0 saturated carbocycles. The number of hydrogen-bond acceptors (Lipinski definition) is 3. The second-order valence-corrected chi connectivity index (χ2v) is 4.31. The van der Waals surface area contributed by atoms with Crippen molar-refractivity contribution in [1.82, 2.24) is 0 Å². The minimum Gasteiger partial charge on any atom is -0.480 e. The third-order valence-electron chi connectivity index (χ3n) is 1.57. The van der Waals surface area contributed by atoms with Gasteiger partial charge in [0.25, 0.3) is 0 Å². The number of rotatable bonds is 1. The highest BCUT2D eigenvalue weighted by Gasteiger charge is 2.46. The standard InChI is InChI=1S/C6H8F3NO3S/c7-6(8,9)14(11,12)10-5-3-1-2-4-13-5/h1-4H2/b10-5-. The highest BCUT2D eigenvalue weighted by Crippen LogP contribution is 2.25. The van der Waals surface area contributed by atoms with Crippen LogP contribution < -0.4 is 0 Å². The van der Waals surface area contributed by atoms with Crippen LogP contribution in [-0.4, -0.2) is 26.4 Å². The van der Waals surface area contributed by atoms with Crippen LogP contribution in [0.4, 0.5) is 13.2 Å². The molecule has 1 rings (SSSR count). The van der Waals surface area contributed by atoms with E-state index in [0.717, 1.165) is 0 Å². The predicted octanol–water partition coefficient (Wildman–Crippen LogP) is 1.44. The molecule has 8 heteroatoms. The average molecular weight is 231 g/mol. The van der Waals surface area contributed by atoms with Crippen molar-refractivity contribution >= 4 is 15.9 Å². The fraction of sp³-hybridized carbons (Fsp3) is 0.833. The SMILES string of the molecule is O=S(=O)(/N=C1/CCCCO1)C(F)(F)F. The van der Waals surface area contributed by atoms with Crippen LogP contribution in [0, 0.1) is 0 Å². The van der Waals surface area contributed by atoms with Crippen LogP contribution in [0.3, 0.4) is 0 Å². The molecule has 0 radical (unpaired) electrons. The van der Waals surface area contributed by atoms with E-state index in [9.17, 15) is 21.6 Å². The van der Waals surface area contributed by atoms with Crippen LogP contribution >= 0.6 is 0 Å². The summed E-state index contributed by atoms with van der Waals surface area (Å²) in [6, 6.07) is 0. The van der Waals surface area contributed by atoms with Crippen molar-refractivity contribution in [3.63, 3.8) is 0 Å². The summed E-state index contributed by atoms with van der Waals surface area (Å²) in [4.78, 5) is 0. The Morgan fingerprint density at radius 3 is 2.36 bits per heavy atom. The summed E-state index contributed by atoms with van der Waals surface area (Å²) in [6.07, 6.45) is 1.42. The number of sulfonamides is 1. The molecule has 0 aromatic rings. The minimum absolute atomic E-state index is 0.134. The lowest BCUT2D eigenvalue weighted by molar-refractivity contribution is -0.0436. The molecule has 0 aliphatic carbocycles. The molecule has 82 valence electrons. The third-order valence-corrected chi connectivity index (χ3v) is 2.60. The molecule has 14 heavy (non-hydrogen) atoms. The number of nitrogens with zero attached hydrogens (tertiary/aromatic N) is 1. The zero-order chi connectivity index (χ0) is 10.8. The van der Waals surface area contributed by atoms with Crippen LogP contribution in [-0.2, 0) is 14.8 Å². The number of alkyl halides is 3. The Hall–Kier alpha value is -0.790. The van der Waals surface area contributed by atoms with Gasteiger partial charge in [0.05, 0.1) is 6.61 Å². The van der Waals surface area contributed by atoms with Crippen LogP contribution in [0.25, 0.3) is 0 Å². The zero-order valence-corrected chi connectivity index (χ0v) is 7.86. The van der Waals surface area contributed by atoms with Crippen molar-refractivity contribution in [2.75, 3.05) is 6.61 Å². The molecule has 0 unspecified atom stereocenters. The number of ether oxygens (including phenoxy) is 1. The van der Waals surface area contributed by atoms with E-state index in [2.05, 4.69) is 9.13 Å². The molecule has 0 aromatic heterocycles. The summed E-state index contributed by atoms with van der Waals surface area (Å²) in [5.41, 5.74) is -5.35. The lowest BCUT2D eigenvalue weighted by atomic mass is 10.2. The summed E-state index contributed by atoms with van der Waals surface area (Å²) in [7, 11) is -5.43. The van der Waals surface area contributed by atoms with E-state index in [-0.39, 0.29) is 18.9 Å². The van der Waals surface area contributed by atoms with Gasteiger partial charge in [-0.1, -0.05) is 0 Å². The second-order valence-electron chi connectivity index (χ2n) is 2.71. The van der Waals surface area contributed by atoms with E-state index in [4.69, 9.17) is 0 Å². The van der Waals surface area contributed by atoms with Crippen molar-refractivity contribution in [2.24, 2.45) is 4.40 Å². The topological polar surface area (TPSA) is 55.7 Å². The molecule has 1 heterocycles. The van der Waals surface area contributed by atoms with Gasteiger partial charge in [0.15, 0.2) is 5.90 Å². The summed E-state index contributed by atoms with van der Waals surface area (Å²) in [6.45, 7) is 0.214. The Morgan fingerprint density at radius 1 is 1.29 bits per heavy atom.